The highest BCUT2D eigenvalue weighted by Crippen LogP contribution is 2.30. The van der Waals surface area contributed by atoms with Gasteiger partial charge in [0.05, 0.1) is 6.54 Å². The number of ketones is 1. The molecule has 23 nitrogen and oxygen atoms in total. The maximum absolute atomic E-state index is 15.2. The molecule has 1 saturated heterocycles. The van der Waals surface area contributed by atoms with E-state index in [0.717, 1.165) is 4.90 Å². The van der Waals surface area contributed by atoms with Crippen LogP contribution in [-0.4, -0.2) is 209 Å². The van der Waals surface area contributed by atoms with Crippen LogP contribution in [-0.2, 0) is 57.5 Å². The molecule has 1 heterocycles. The van der Waals surface area contributed by atoms with E-state index in [-0.39, 0.29) is 50.2 Å². The minimum atomic E-state index is -1.30. The van der Waals surface area contributed by atoms with Crippen molar-refractivity contribution in [2.45, 2.75) is 244 Å². The second-order valence-electron chi connectivity index (χ2n) is 29.6. The zero-order valence-corrected chi connectivity index (χ0v) is 58.2. The summed E-state index contributed by atoms with van der Waals surface area (Å²) in [4.78, 5) is 181. The Hall–Kier alpha value is -6.16. The molecule has 11 amide bonds. The first kappa shape index (κ1) is 78.9. The van der Waals surface area contributed by atoms with Gasteiger partial charge in [0.1, 0.15) is 66.2 Å². The van der Waals surface area contributed by atoms with Gasteiger partial charge in [0, 0.05) is 48.7 Å². The van der Waals surface area contributed by atoms with Crippen LogP contribution in [0.4, 0.5) is 0 Å². The maximum atomic E-state index is 15.2. The Bertz CT molecular complexity index is 2440. The largest absolute Gasteiger partial charge is 0.343 e. The summed E-state index contributed by atoms with van der Waals surface area (Å²) in [5.41, 5.74) is -1.66. The third-order valence-corrected chi connectivity index (χ3v) is 16.3. The number of rotatable bonds is 12. The van der Waals surface area contributed by atoms with Crippen LogP contribution in [0.5, 0.6) is 0 Å². The topological polar surface area (TPSA) is 284 Å². The number of Topliss-reactive ketones (excluding diaryl/α,β-unsaturated/α-hetero) is 1. The van der Waals surface area contributed by atoms with E-state index in [2.05, 4.69) is 26.6 Å². The van der Waals surface area contributed by atoms with Crippen LogP contribution in [0.2, 0.25) is 0 Å². The molecule has 0 radical (unpaired) electrons. The Balaban J connectivity index is 4.37. The van der Waals surface area contributed by atoms with Crippen molar-refractivity contribution < 1.29 is 57.5 Å². The smallest absolute Gasteiger partial charge is 0.246 e. The quantitative estimate of drug-likeness (QED) is 0.182. The lowest BCUT2D eigenvalue weighted by molar-refractivity contribution is -0.156. The molecule has 1 aliphatic rings. The average Bonchev–Trinajstić information content (AvgIpc) is 1.45. The van der Waals surface area contributed by atoms with Crippen LogP contribution < -0.4 is 26.6 Å². The highest BCUT2D eigenvalue weighted by Gasteiger charge is 2.46. The van der Waals surface area contributed by atoms with Crippen molar-refractivity contribution >= 4 is 70.8 Å². The number of carbonyl (C=O) groups is 12. The molecular formula is C64H115N11O12. The van der Waals surface area contributed by atoms with Gasteiger partial charge >= 0.3 is 0 Å². The van der Waals surface area contributed by atoms with Crippen molar-refractivity contribution in [3.63, 3.8) is 0 Å². The molecule has 12 atom stereocenters. The molecule has 5 N–H and O–H groups in total. The Morgan fingerprint density at radius 2 is 0.931 bits per heavy atom. The maximum Gasteiger partial charge on any atom is 0.246 e. The van der Waals surface area contributed by atoms with E-state index in [1.54, 1.807) is 48.5 Å². The fraction of sp³-hybridized carbons (Fsp3) is 0.812. The summed E-state index contributed by atoms with van der Waals surface area (Å²) in [5, 5.41) is 13.8. The van der Waals surface area contributed by atoms with Crippen LogP contribution in [0.3, 0.4) is 0 Å². The molecule has 23 heteroatoms. The molecule has 498 valence electrons. The molecule has 1 aliphatic heterocycles. The van der Waals surface area contributed by atoms with E-state index >= 15 is 14.4 Å². The monoisotopic (exact) mass is 1230 g/mol. The first-order chi connectivity index (χ1) is 39.5. The van der Waals surface area contributed by atoms with E-state index in [1.165, 1.54) is 87.6 Å². The van der Waals surface area contributed by atoms with Crippen molar-refractivity contribution in [2.24, 2.45) is 45.8 Å². The lowest BCUT2D eigenvalue weighted by atomic mass is 9.83. The van der Waals surface area contributed by atoms with Gasteiger partial charge in [-0.25, -0.2) is 0 Å². The van der Waals surface area contributed by atoms with E-state index in [0.29, 0.717) is 0 Å². The average molecular weight is 1230 g/mol. The highest BCUT2D eigenvalue weighted by molar-refractivity contribution is 5.99. The summed E-state index contributed by atoms with van der Waals surface area (Å²) in [6.45, 7) is 36.5. The third-order valence-electron chi connectivity index (χ3n) is 16.3. The van der Waals surface area contributed by atoms with Gasteiger partial charge in [0.15, 0.2) is 0 Å². The predicted molar refractivity (Wildman–Crippen MR) is 337 cm³/mol. The highest BCUT2D eigenvalue weighted by atomic mass is 16.2. The van der Waals surface area contributed by atoms with Crippen molar-refractivity contribution in [2.75, 3.05) is 48.8 Å². The van der Waals surface area contributed by atoms with E-state index in [4.69, 9.17) is 0 Å². The van der Waals surface area contributed by atoms with E-state index < -0.39 is 172 Å². The Morgan fingerprint density at radius 3 is 1.39 bits per heavy atom. The molecule has 12 unspecified atom stereocenters. The summed E-state index contributed by atoms with van der Waals surface area (Å²) in [6, 6.07) is -12.1. The molecule has 0 aromatic rings. The van der Waals surface area contributed by atoms with Gasteiger partial charge in [0.2, 0.25) is 65.0 Å². The second-order valence-corrected chi connectivity index (χ2v) is 29.6. The van der Waals surface area contributed by atoms with Gasteiger partial charge in [-0.15, -0.1) is 0 Å². The Kier molecular flexibility index (Phi) is 29.8. The molecule has 0 aromatic heterocycles. The van der Waals surface area contributed by atoms with Gasteiger partial charge in [-0.1, -0.05) is 125 Å². The third kappa shape index (κ3) is 23.7. The lowest BCUT2D eigenvalue weighted by Gasteiger charge is -2.42. The van der Waals surface area contributed by atoms with E-state index in [9.17, 15) is 43.2 Å². The molecule has 0 spiro atoms. The minimum absolute atomic E-state index is 0.0493. The standard InChI is InChI=1S/C64H115N11O12/c1-28-43-57(83)70(22)34-48(77)67-44(31-62(13,14)15)53(79)69-49(36(4)5)60(86)72(24)46(32-63(16,17)18)54(80)65-41(11)52(78)66-42(12)56(82)73(25)47(33-64(19,20)21)59(85)71(23)45(29-35(2)3)58(84)74(26)50(37(6)7)61(87)75(27)51(55(81)68-43)40(10)38(8)30-39(9)76/h35-38,40-47,49-51H,28-34H2,1-27H3,(H,65,80)(H,66,78)(H,67,77)(H,68,81)(H,69,79). The van der Waals surface area contributed by atoms with Gasteiger partial charge in [0.25, 0.3) is 0 Å². The number of likely N-dealkylation sites (N-methyl/N-ethyl adjacent to an activating group) is 6. The van der Waals surface area contributed by atoms with Crippen molar-refractivity contribution in [1.29, 1.82) is 0 Å². The number of nitrogens with zero attached hydrogens (tertiary/aromatic N) is 6. The number of hydrogen-bond acceptors (Lipinski definition) is 12. The number of hydrogen-bond donors (Lipinski definition) is 5. The van der Waals surface area contributed by atoms with Crippen LogP contribution >= 0.6 is 0 Å². The number of amides is 11. The Labute approximate surface area is 521 Å². The predicted octanol–water partition coefficient (Wildman–Crippen LogP) is 4.39. The van der Waals surface area contributed by atoms with Crippen molar-refractivity contribution in [3.8, 4) is 0 Å². The van der Waals surface area contributed by atoms with Crippen LogP contribution in [0.25, 0.3) is 0 Å². The van der Waals surface area contributed by atoms with Gasteiger partial charge in [-0.3, -0.25) is 52.7 Å². The first-order valence-electron chi connectivity index (χ1n) is 31.1. The van der Waals surface area contributed by atoms with Gasteiger partial charge in [-0.05, 0) is 98.7 Å². The number of carbonyl (C=O) groups excluding carboxylic acids is 12. The molecule has 0 aromatic carbocycles. The molecule has 0 saturated carbocycles. The molecule has 0 aliphatic carbocycles. The minimum Gasteiger partial charge on any atom is -0.343 e. The zero-order chi connectivity index (χ0) is 68.0. The molecular weight excluding hydrogens is 1110 g/mol. The summed E-state index contributed by atoms with van der Waals surface area (Å²) in [6.07, 6.45) is 0.603. The second kappa shape index (κ2) is 32.9. The summed E-state index contributed by atoms with van der Waals surface area (Å²) >= 11 is 0. The summed E-state index contributed by atoms with van der Waals surface area (Å²) in [7, 11) is 8.62. The summed E-state index contributed by atoms with van der Waals surface area (Å²) < 4.78 is 0. The van der Waals surface area contributed by atoms with Crippen LogP contribution in [0.15, 0.2) is 0 Å². The summed E-state index contributed by atoms with van der Waals surface area (Å²) in [5.74, 6) is -9.89. The van der Waals surface area contributed by atoms with Gasteiger partial charge in [-0.2, -0.15) is 0 Å². The van der Waals surface area contributed by atoms with E-state index in [1.807, 2.05) is 76.2 Å². The van der Waals surface area contributed by atoms with Crippen LogP contribution in [0, 0.1) is 45.8 Å². The molecule has 1 fully saturated rings. The Morgan fingerprint density at radius 1 is 0.471 bits per heavy atom. The molecule has 1 rings (SSSR count). The zero-order valence-electron chi connectivity index (χ0n) is 58.2. The normalized spacial score (nSPS) is 26.7. The van der Waals surface area contributed by atoms with Crippen molar-refractivity contribution in [1.82, 2.24) is 56.0 Å². The fourth-order valence-corrected chi connectivity index (χ4v) is 11.1. The number of nitrogens with one attached hydrogen (secondary N) is 5. The molecule has 0 bridgehead atoms. The SMILES string of the molecule is CCC1NC(=O)C(C(C)C(C)CC(C)=O)N(C)C(=O)C(C(C)C)N(C)C(=O)C(CC(C)C)N(C)C(=O)C(CC(C)(C)C)N(C)C(=O)C(C)NC(=O)C(C)NC(=O)C(CC(C)(C)C)N(C)C(=O)C(C(C)C)NC(=O)C(CC(C)(C)C)NC(=O)CN(C)C1=O. The fourth-order valence-electron chi connectivity index (χ4n) is 11.1. The lowest BCUT2D eigenvalue weighted by Crippen LogP contribution is -2.62. The van der Waals surface area contributed by atoms with Gasteiger partial charge < -0.3 is 60.8 Å². The molecule has 87 heavy (non-hydrogen) atoms. The van der Waals surface area contributed by atoms with Crippen molar-refractivity contribution in [3.05, 3.63) is 0 Å². The first-order valence-corrected chi connectivity index (χ1v) is 31.1. The van der Waals surface area contributed by atoms with Crippen LogP contribution in [0.1, 0.15) is 184 Å².